The number of hydrazone groups is 1. The van der Waals surface area contributed by atoms with Gasteiger partial charge >= 0.3 is 0 Å². The predicted octanol–water partition coefficient (Wildman–Crippen LogP) is 2.42. The van der Waals surface area contributed by atoms with Gasteiger partial charge < -0.3 is 18.9 Å². The zero-order chi connectivity index (χ0) is 19.9. The Morgan fingerprint density at radius 3 is 2.07 bits per heavy atom. The Hall–Kier alpha value is -2.94. The van der Waals surface area contributed by atoms with Gasteiger partial charge in [-0.05, 0) is 43.3 Å². The molecule has 0 amide bonds. The van der Waals surface area contributed by atoms with E-state index in [1.165, 1.54) is 39.7 Å². The highest BCUT2D eigenvalue weighted by atomic mass is 32.2. The SMILES string of the molecule is CCOc1ccc(S(=O)(=O)N/N=C/c2cc(OC)c(OC)c(OC)c2)cc1. The van der Waals surface area contributed by atoms with Gasteiger partial charge in [0.15, 0.2) is 11.5 Å². The van der Waals surface area contributed by atoms with E-state index in [1.807, 2.05) is 6.92 Å². The molecule has 0 atom stereocenters. The van der Waals surface area contributed by atoms with Crippen molar-refractivity contribution in [3.05, 3.63) is 42.0 Å². The molecule has 9 heteroatoms. The number of methoxy groups -OCH3 is 3. The average Bonchev–Trinajstić information content (AvgIpc) is 2.67. The van der Waals surface area contributed by atoms with Gasteiger partial charge in [0.2, 0.25) is 5.75 Å². The molecular formula is C18H22N2O6S. The number of sulfonamides is 1. The summed E-state index contributed by atoms with van der Waals surface area (Å²) >= 11 is 0. The number of ether oxygens (including phenoxy) is 4. The van der Waals surface area contributed by atoms with Gasteiger partial charge in [-0.3, -0.25) is 0 Å². The second-order valence-electron chi connectivity index (χ2n) is 5.22. The smallest absolute Gasteiger partial charge is 0.276 e. The standard InChI is InChI=1S/C18H22N2O6S/c1-5-26-14-6-8-15(9-7-14)27(21,22)20-19-12-13-10-16(23-2)18(25-4)17(11-13)24-3/h6-12,20H,5H2,1-4H3/b19-12+. The van der Waals surface area contributed by atoms with Gasteiger partial charge in [-0.2, -0.15) is 13.5 Å². The van der Waals surface area contributed by atoms with Crippen LogP contribution in [0.4, 0.5) is 0 Å². The minimum absolute atomic E-state index is 0.0768. The lowest BCUT2D eigenvalue weighted by Gasteiger charge is -2.12. The molecule has 0 aliphatic carbocycles. The molecule has 0 aliphatic heterocycles. The maximum Gasteiger partial charge on any atom is 0.276 e. The Bertz CT molecular complexity index is 870. The Morgan fingerprint density at radius 2 is 1.59 bits per heavy atom. The Labute approximate surface area is 158 Å². The molecule has 1 N–H and O–H groups in total. The maximum atomic E-state index is 12.3. The first-order valence-electron chi connectivity index (χ1n) is 8.03. The van der Waals surface area contributed by atoms with Crippen LogP contribution in [0, 0.1) is 0 Å². The molecule has 0 fully saturated rings. The molecule has 2 aromatic rings. The molecule has 0 bridgehead atoms. The second-order valence-corrected chi connectivity index (χ2v) is 6.88. The summed E-state index contributed by atoms with van der Waals surface area (Å²) in [6, 6.07) is 9.36. The lowest BCUT2D eigenvalue weighted by Crippen LogP contribution is -2.18. The zero-order valence-electron chi connectivity index (χ0n) is 15.6. The zero-order valence-corrected chi connectivity index (χ0v) is 16.4. The van der Waals surface area contributed by atoms with Crippen LogP contribution in [0.25, 0.3) is 0 Å². The molecule has 0 saturated carbocycles. The third-order valence-electron chi connectivity index (χ3n) is 3.52. The topological polar surface area (TPSA) is 95.5 Å². The fourth-order valence-corrected chi connectivity index (χ4v) is 3.07. The van der Waals surface area contributed by atoms with Crippen LogP contribution in [-0.4, -0.2) is 42.6 Å². The molecule has 2 aromatic carbocycles. The molecule has 0 aliphatic rings. The fraction of sp³-hybridized carbons (Fsp3) is 0.278. The Morgan fingerprint density at radius 1 is 1.00 bits per heavy atom. The number of nitrogens with one attached hydrogen (secondary N) is 1. The first kappa shape index (κ1) is 20.4. The van der Waals surface area contributed by atoms with Crippen LogP contribution in [0.2, 0.25) is 0 Å². The summed E-state index contributed by atoms with van der Waals surface area (Å²) in [4.78, 5) is 2.24. The lowest BCUT2D eigenvalue weighted by molar-refractivity contribution is 0.324. The summed E-state index contributed by atoms with van der Waals surface area (Å²) in [6.07, 6.45) is 1.34. The van der Waals surface area contributed by atoms with Crippen LogP contribution in [0.15, 0.2) is 46.4 Å². The van der Waals surface area contributed by atoms with Crippen LogP contribution in [0.3, 0.4) is 0 Å². The van der Waals surface area contributed by atoms with Gasteiger partial charge in [-0.1, -0.05) is 0 Å². The molecule has 0 unspecified atom stereocenters. The second kappa shape index (κ2) is 9.13. The predicted molar refractivity (Wildman–Crippen MR) is 102 cm³/mol. The van der Waals surface area contributed by atoms with E-state index in [0.717, 1.165) is 0 Å². The highest BCUT2D eigenvalue weighted by molar-refractivity contribution is 7.89. The van der Waals surface area contributed by atoms with Crippen molar-refractivity contribution in [1.82, 2.24) is 4.83 Å². The third kappa shape index (κ3) is 5.04. The number of benzene rings is 2. The molecule has 0 saturated heterocycles. The third-order valence-corrected chi connectivity index (χ3v) is 4.76. The van der Waals surface area contributed by atoms with Gasteiger partial charge in [-0.15, -0.1) is 0 Å². The van der Waals surface area contributed by atoms with Gasteiger partial charge in [0.05, 0.1) is 39.0 Å². The monoisotopic (exact) mass is 394 g/mol. The molecule has 0 spiro atoms. The van der Waals surface area contributed by atoms with Crippen LogP contribution in [-0.2, 0) is 10.0 Å². The summed E-state index contributed by atoms with van der Waals surface area (Å²) in [7, 11) is 0.688. The van der Waals surface area contributed by atoms with E-state index in [0.29, 0.717) is 35.2 Å². The van der Waals surface area contributed by atoms with Crippen LogP contribution in [0.5, 0.6) is 23.0 Å². The van der Waals surface area contributed by atoms with E-state index < -0.39 is 10.0 Å². The van der Waals surface area contributed by atoms with Gasteiger partial charge in [0.1, 0.15) is 5.75 Å². The van der Waals surface area contributed by atoms with Crippen molar-refractivity contribution in [2.75, 3.05) is 27.9 Å². The molecule has 8 nitrogen and oxygen atoms in total. The van der Waals surface area contributed by atoms with E-state index in [9.17, 15) is 8.42 Å². The van der Waals surface area contributed by atoms with Crippen LogP contribution >= 0.6 is 0 Å². The molecule has 0 heterocycles. The summed E-state index contributed by atoms with van der Waals surface area (Å²) in [5, 5.41) is 3.81. The average molecular weight is 394 g/mol. The molecule has 0 radical (unpaired) electrons. The quantitative estimate of drug-likeness (QED) is 0.518. The van der Waals surface area contributed by atoms with Crippen LogP contribution in [0.1, 0.15) is 12.5 Å². The van der Waals surface area contributed by atoms with Crippen molar-refractivity contribution < 1.29 is 27.4 Å². The minimum atomic E-state index is -3.80. The summed E-state index contributed by atoms with van der Waals surface area (Å²) in [5.41, 5.74) is 0.568. The maximum absolute atomic E-state index is 12.3. The number of hydrogen-bond acceptors (Lipinski definition) is 7. The van der Waals surface area contributed by atoms with E-state index >= 15 is 0 Å². The fourth-order valence-electron chi connectivity index (χ4n) is 2.28. The van der Waals surface area contributed by atoms with Crippen molar-refractivity contribution in [3.8, 4) is 23.0 Å². The highest BCUT2D eigenvalue weighted by Gasteiger charge is 2.14. The molecule has 27 heavy (non-hydrogen) atoms. The molecule has 0 aromatic heterocycles. The molecular weight excluding hydrogens is 372 g/mol. The van der Waals surface area contributed by atoms with Crippen molar-refractivity contribution in [2.45, 2.75) is 11.8 Å². The Balaban J connectivity index is 2.18. The van der Waals surface area contributed by atoms with Crippen molar-refractivity contribution in [2.24, 2.45) is 5.10 Å². The lowest BCUT2D eigenvalue weighted by atomic mass is 10.2. The van der Waals surface area contributed by atoms with Crippen molar-refractivity contribution >= 4 is 16.2 Å². The molecule has 2 rings (SSSR count). The molecule has 146 valence electrons. The summed E-state index contributed by atoms with van der Waals surface area (Å²) < 4.78 is 45.6. The van der Waals surface area contributed by atoms with Crippen LogP contribution < -0.4 is 23.8 Å². The van der Waals surface area contributed by atoms with Crippen molar-refractivity contribution in [3.63, 3.8) is 0 Å². The number of nitrogens with zero attached hydrogens (tertiary/aromatic N) is 1. The van der Waals surface area contributed by atoms with E-state index in [-0.39, 0.29) is 4.90 Å². The largest absolute Gasteiger partial charge is 0.494 e. The van der Waals surface area contributed by atoms with Crippen molar-refractivity contribution in [1.29, 1.82) is 0 Å². The minimum Gasteiger partial charge on any atom is -0.494 e. The number of hydrogen-bond donors (Lipinski definition) is 1. The van der Waals surface area contributed by atoms with E-state index in [1.54, 1.807) is 24.3 Å². The first-order chi connectivity index (χ1) is 12.9. The Kier molecular flexibility index (Phi) is 6.89. The highest BCUT2D eigenvalue weighted by Crippen LogP contribution is 2.37. The van der Waals surface area contributed by atoms with Gasteiger partial charge in [-0.25, -0.2) is 4.83 Å². The normalized spacial score (nSPS) is 11.3. The van der Waals surface area contributed by atoms with Gasteiger partial charge in [0.25, 0.3) is 10.0 Å². The summed E-state index contributed by atoms with van der Waals surface area (Å²) in [6.45, 7) is 2.35. The van der Waals surface area contributed by atoms with E-state index in [4.69, 9.17) is 18.9 Å². The van der Waals surface area contributed by atoms with E-state index in [2.05, 4.69) is 9.93 Å². The summed E-state index contributed by atoms with van der Waals surface area (Å²) in [5.74, 6) is 1.91. The first-order valence-corrected chi connectivity index (χ1v) is 9.51. The number of rotatable bonds is 9. The van der Waals surface area contributed by atoms with Gasteiger partial charge in [0, 0.05) is 5.56 Å².